The molecule has 0 fully saturated rings. The smallest absolute Gasteiger partial charge is 0.340 e. The molecular weight excluding hydrogens is 392 g/mol. The van der Waals surface area contributed by atoms with E-state index in [0.717, 1.165) is 0 Å². The van der Waals surface area contributed by atoms with Crippen LogP contribution in [0.2, 0.25) is 0 Å². The van der Waals surface area contributed by atoms with Crippen LogP contribution in [0.15, 0.2) is 36.4 Å². The molecule has 9 nitrogen and oxygen atoms in total. The highest BCUT2D eigenvalue weighted by atomic mass is 16.5. The topological polar surface area (TPSA) is 120 Å². The van der Waals surface area contributed by atoms with E-state index in [1.807, 2.05) is 0 Å². The molecule has 0 radical (unpaired) electrons. The second-order valence-electron chi connectivity index (χ2n) is 6.20. The number of benzene rings is 2. The van der Waals surface area contributed by atoms with Crippen molar-refractivity contribution in [2.75, 3.05) is 31.5 Å². The Morgan fingerprint density at radius 1 is 0.900 bits per heavy atom. The predicted molar refractivity (Wildman–Crippen MR) is 109 cm³/mol. The molecule has 0 saturated heterocycles. The third-order valence-corrected chi connectivity index (χ3v) is 3.94. The second kappa shape index (κ2) is 10.1. The fourth-order valence-corrected chi connectivity index (χ4v) is 2.56. The highest BCUT2D eigenvalue weighted by Gasteiger charge is 2.20. The van der Waals surface area contributed by atoms with Crippen LogP contribution in [0.1, 0.15) is 34.6 Å². The molecule has 0 aliphatic carbocycles. The van der Waals surface area contributed by atoms with Gasteiger partial charge in [0.1, 0.15) is 0 Å². The van der Waals surface area contributed by atoms with E-state index in [-0.39, 0.29) is 22.8 Å². The average molecular weight is 414 g/mol. The lowest BCUT2D eigenvalue weighted by Gasteiger charge is -2.14. The lowest BCUT2D eigenvalue weighted by Crippen LogP contribution is -2.22. The Bertz CT molecular complexity index is 985. The molecule has 30 heavy (non-hydrogen) atoms. The first-order valence-corrected chi connectivity index (χ1v) is 8.86. The maximum atomic E-state index is 12.5. The van der Waals surface area contributed by atoms with E-state index in [4.69, 9.17) is 14.2 Å². The predicted octanol–water partition coefficient (Wildman–Crippen LogP) is 2.66. The zero-order valence-electron chi connectivity index (χ0n) is 17.0. The third-order valence-electron chi connectivity index (χ3n) is 3.94. The average Bonchev–Trinajstić information content (AvgIpc) is 2.71. The van der Waals surface area contributed by atoms with Crippen LogP contribution in [-0.4, -0.2) is 44.4 Å². The van der Waals surface area contributed by atoms with Crippen molar-refractivity contribution in [3.63, 3.8) is 0 Å². The Morgan fingerprint density at radius 3 is 2.17 bits per heavy atom. The molecular formula is C21H22N2O7. The molecule has 0 aliphatic heterocycles. The molecule has 2 N–H and O–H groups in total. The van der Waals surface area contributed by atoms with Crippen molar-refractivity contribution in [1.29, 1.82) is 0 Å². The summed E-state index contributed by atoms with van der Waals surface area (Å²) < 4.78 is 15.4. The number of ether oxygens (including phenoxy) is 3. The van der Waals surface area contributed by atoms with E-state index in [1.54, 1.807) is 18.2 Å². The van der Waals surface area contributed by atoms with Gasteiger partial charge in [-0.25, -0.2) is 4.79 Å². The maximum Gasteiger partial charge on any atom is 0.340 e. The van der Waals surface area contributed by atoms with E-state index in [0.29, 0.717) is 17.0 Å². The highest BCUT2D eigenvalue weighted by Crippen LogP contribution is 2.33. The number of carbonyl (C=O) groups excluding carboxylic acids is 4. The summed E-state index contributed by atoms with van der Waals surface area (Å²) in [5, 5.41) is 5.07. The van der Waals surface area contributed by atoms with Crippen LogP contribution < -0.4 is 20.1 Å². The Kier molecular flexibility index (Phi) is 7.51. The Labute approximate surface area is 173 Å². The van der Waals surface area contributed by atoms with Crippen molar-refractivity contribution in [3.8, 4) is 11.5 Å². The van der Waals surface area contributed by atoms with E-state index >= 15 is 0 Å². The number of anilines is 2. The molecule has 2 amide bonds. The van der Waals surface area contributed by atoms with Crippen LogP contribution in [-0.2, 0) is 14.3 Å². The first-order valence-electron chi connectivity index (χ1n) is 8.86. The Balaban J connectivity index is 2.13. The molecule has 0 aliphatic rings. The van der Waals surface area contributed by atoms with Crippen LogP contribution in [0, 0.1) is 0 Å². The molecule has 0 aromatic heterocycles. The molecule has 2 aromatic rings. The van der Waals surface area contributed by atoms with Gasteiger partial charge in [0.05, 0.1) is 25.5 Å². The van der Waals surface area contributed by atoms with Gasteiger partial charge in [0, 0.05) is 30.3 Å². The van der Waals surface area contributed by atoms with Gasteiger partial charge in [-0.2, -0.15) is 0 Å². The second-order valence-corrected chi connectivity index (χ2v) is 6.20. The lowest BCUT2D eigenvalue weighted by molar-refractivity contribution is -0.119. The minimum atomic E-state index is -0.840. The van der Waals surface area contributed by atoms with E-state index in [9.17, 15) is 19.2 Å². The molecule has 2 aromatic carbocycles. The number of amides is 2. The summed E-state index contributed by atoms with van der Waals surface area (Å²) in [5.74, 6) is -1.42. The van der Waals surface area contributed by atoms with Gasteiger partial charge in [-0.15, -0.1) is 0 Å². The summed E-state index contributed by atoms with van der Waals surface area (Å²) in [6, 6.07) is 9.14. The monoisotopic (exact) mass is 414 g/mol. The molecule has 158 valence electrons. The molecule has 0 bridgehead atoms. The van der Waals surface area contributed by atoms with Gasteiger partial charge in [-0.3, -0.25) is 14.4 Å². The zero-order chi connectivity index (χ0) is 22.3. The quantitative estimate of drug-likeness (QED) is 0.503. The molecule has 0 saturated carbocycles. The summed E-state index contributed by atoms with van der Waals surface area (Å²) in [6.45, 7) is 2.13. The van der Waals surface area contributed by atoms with Gasteiger partial charge in [-0.05, 0) is 19.1 Å². The number of hydrogen-bond donors (Lipinski definition) is 2. The van der Waals surface area contributed by atoms with Crippen LogP contribution >= 0.6 is 0 Å². The van der Waals surface area contributed by atoms with Gasteiger partial charge in [0.25, 0.3) is 5.91 Å². The van der Waals surface area contributed by atoms with Gasteiger partial charge >= 0.3 is 5.97 Å². The van der Waals surface area contributed by atoms with Crippen molar-refractivity contribution in [2.24, 2.45) is 0 Å². The van der Waals surface area contributed by atoms with Gasteiger partial charge in [-0.1, -0.05) is 12.1 Å². The van der Waals surface area contributed by atoms with Crippen LogP contribution in [0.5, 0.6) is 11.5 Å². The van der Waals surface area contributed by atoms with Crippen molar-refractivity contribution in [3.05, 3.63) is 47.5 Å². The van der Waals surface area contributed by atoms with Gasteiger partial charge < -0.3 is 24.8 Å². The van der Waals surface area contributed by atoms with Crippen molar-refractivity contribution < 1.29 is 33.4 Å². The van der Waals surface area contributed by atoms with Crippen LogP contribution in [0.4, 0.5) is 11.4 Å². The highest BCUT2D eigenvalue weighted by molar-refractivity contribution is 6.03. The largest absolute Gasteiger partial charge is 0.493 e. The summed E-state index contributed by atoms with van der Waals surface area (Å²) in [4.78, 5) is 47.5. The first kappa shape index (κ1) is 22.4. The van der Waals surface area contributed by atoms with Crippen LogP contribution in [0.25, 0.3) is 0 Å². The molecule has 2 rings (SSSR count). The number of esters is 1. The number of methoxy groups -OCH3 is 2. The Morgan fingerprint density at radius 2 is 1.57 bits per heavy atom. The lowest BCUT2D eigenvalue weighted by atomic mass is 10.1. The first-order chi connectivity index (χ1) is 14.2. The van der Waals surface area contributed by atoms with Gasteiger partial charge in [0.15, 0.2) is 23.9 Å². The summed E-state index contributed by atoms with van der Waals surface area (Å²) in [6.07, 6.45) is 0. The molecule has 0 unspecified atom stereocenters. The van der Waals surface area contributed by atoms with E-state index in [2.05, 4.69) is 10.6 Å². The number of Topliss-reactive ketones (excluding diaryl/α,β-unsaturated/α-hetero) is 1. The third kappa shape index (κ3) is 5.81. The van der Waals surface area contributed by atoms with E-state index in [1.165, 1.54) is 46.3 Å². The fourth-order valence-electron chi connectivity index (χ4n) is 2.56. The molecule has 0 atom stereocenters. The summed E-state index contributed by atoms with van der Waals surface area (Å²) >= 11 is 0. The number of rotatable bonds is 8. The van der Waals surface area contributed by atoms with E-state index < -0.39 is 24.4 Å². The summed E-state index contributed by atoms with van der Waals surface area (Å²) in [7, 11) is 2.81. The number of carbonyl (C=O) groups is 4. The fraction of sp³-hybridized carbons (Fsp3) is 0.238. The normalized spacial score (nSPS) is 10.0. The van der Waals surface area contributed by atoms with Crippen LogP contribution in [0.3, 0.4) is 0 Å². The van der Waals surface area contributed by atoms with Crippen molar-refractivity contribution in [1.82, 2.24) is 0 Å². The minimum Gasteiger partial charge on any atom is -0.493 e. The minimum absolute atomic E-state index is 0.00535. The Hall–Kier alpha value is -3.88. The number of hydrogen-bond acceptors (Lipinski definition) is 7. The van der Waals surface area contributed by atoms with Gasteiger partial charge in [0.2, 0.25) is 5.91 Å². The standard InChI is InChI=1S/C21H22N2O7/c1-12(24)14-6-5-7-15(8-14)23-20(26)11-30-21(27)16-9-18(28-3)19(29-4)10-17(16)22-13(2)25/h5-10H,11H2,1-4H3,(H,22,25)(H,23,26). The SMILES string of the molecule is COc1cc(NC(C)=O)c(C(=O)OCC(=O)Nc2cccc(C(C)=O)c2)cc1OC. The van der Waals surface area contributed by atoms with Crippen molar-refractivity contribution in [2.45, 2.75) is 13.8 Å². The maximum absolute atomic E-state index is 12.5. The molecule has 0 heterocycles. The number of ketones is 1. The number of nitrogens with one attached hydrogen (secondary N) is 2. The van der Waals surface area contributed by atoms with Crippen molar-refractivity contribution >= 4 is 34.9 Å². The zero-order valence-corrected chi connectivity index (χ0v) is 17.0. The molecule has 0 spiro atoms. The summed E-state index contributed by atoms with van der Waals surface area (Å²) in [5.41, 5.74) is 0.984. The molecule has 9 heteroatoms.